The first-order valence-electron chi connectivity index (χ1n) is 1.90. The summed E-state index contributed by atoms with van der Waals surface area (Å²) in [6.07, 6.45) is 0. The Balaban J connectivity index is 2.45. The molecule has 0 aliphatic carbocycles. The normalized spacial score (nSPS) is 21.0. The van der Waals surface area contributed by atoms with E-state index < -0.39 is 0 Å². The van der Waals surface area contributed by atoms with E-state index in [4.69, 9.17) is 0 Å². The van der Waals surface area contributed by atoms with Crippen molar-refractivity contribution in [3.63, 3.8) is 0 Å². The third-order valence-corrected chi connectivity index (χ3v) is 3.52. The van der Waals surface area contributed by atoms with Crippen LogP contribution in [0.4, 0.5) is 0 Å². The Bertz CT molecular complexity index is 80.9. The average Bonchev–Trinajstić information content (AvgIpc) is 1.86. The van der Waals surface area contributed by atoms with Gasteiger partial charge in [-0.15, -0.1) is 0 Å². The molecule has 0 amide bonds. The van der Waals surface area contributed by atoms with Crippen molar-refractivity contribution in [2.24, 2.45) is 0 Å². The maximum atomic E-state index is 10.1. The number of hydrogen-bond donors (Lipinski definition) is 0. The van der Waals surface area contributed by atoms with Gasteiger partial charge in [-0.3, -0.25) is 0 Å². The van der Waals surface area contributed by atoms with E-state index in [9.17, 15) is 5.21 Å². The molecule has 0 spiro atoms. The molecule has 1 heterocycles. The first kappa shape index (κ1) is 4.43. The maximum absolute atomic E-state index is 10.1. The second-order valence-electron chi connectivity index (χ2n) is 1.22. The monoisotopic (exact) mass is 191 g/mol. The first-order valence-corrected chi connectivity index (χ1v) is 5.57. The molecule has 0 saturated heterocycles. The molecular weight excluding hydrogens is 185 g/mol. The quantitative estimate of drug-likeness (QED) is 0.291. The Kier molecular flexibility index (Phi) is 1.34. The Hall–Kier alpha value is 0.269. The summed E-state index contributed by atoms with van der Waals surface area (Å²) in [4.78, 5) is 0. The second kappa shape index (κ2) is 1.82. The van der Waals surface area contributed by atoms with Gasteiger partial charge in [-0.2, -0.15) is 0 Å². The van der Waals surface area contributed by atoms with Gasteiger partial charge >= 0.3 is 46.3 Å². The van der Waals surface area contributed by atoms with Crippen LogP contribution < -0.4 is 0 Å². The van der Waals surface area contributed by atoms with Crippen LogP contribution in [0, 0.1) is 5.21 Å². The van der Waals surface area contributed by atoms with Gasteiger partial charge in [0.1, 0.15) is 0 Å². The zero-order valence-corrected chi connectivity index (χ0v) is 6.20. The van der Waals surface area contributed by atoms with Crippen LogP contribution in [0.15, 0.2) is 0 Å². The van der Waals surface area contributed by atoms with E-state index >= 15 is 0 Å². The predicted octanol–water partition coefficient (Wildman–Crippen LogP) is -0.339. The molecule has 0 aromatic rings. The molecule has 1 aliphatic heterocycles. The topological polar surface area (TPSA) is 26.1 Å². The molecule has 0 bridgehead atoms. The third kappa shape index (κ3) is 0.863. The van der Waals surface area contributed by atoms with E-state index in [2.05, 4.69) is 0 Å². The summed E-state index contributed by atoms with van der Waals surface area (Å²) in [6.45, 7) is 0.784. The Morgan fingerprint density at radius 2 is 2.67 bits per heavy atom. The van der Waals surface area contributed by atoms with Crippen molar-refractivity contribution < 1.29 is 4.74 Å². The molecule has 1 rings (SSSR count). The molecule has 0 saturated carbocycles. The molecule has 2 nitrogen and oxygen atoms in total. The first-order chi connectivity index (χ1) is 2.89. The molecule has 6 heavy (non-hydrogen) atoms. The van der Waals surface area contributed by atoms with Crippen LogP contribution in [0.5, 0.6) is 0 Å². The van der Waals surface area contributed by atoms with Crippen molar-refractivity contribution in [2.75, 3.05) is 6.54 Å². The third-order valence-electron chi connectivity index (χ3n) is 0.712. The summed E-state index contributed by atoms with van der Waals surface area (Å²) in [5.41, 5.74) is 0. The van der Waals surface area contributed by atoms with Gasteiger partial charge < -0.3 is 0 Å². The molecule has 0 unspecified atom stereocenters. The van der Waals surface area contributed by atoms with Gasteiger partial charge in [0.25, 0.3) is 0 Å². The zero-order valence-electron chi connectivity index (χ0n) is 3.35. The second-order valence-corrected chi connectivity index (χ2v) is 4.55. The summed E-state index contributed by atoms with van der Waals surface area (Å²) in [7, 11) is 0. The van der Waals surface area contributed by atoms with Crippen LogP contribution in [0.1, 0.15) is 0 Å². The SMILES string of the molecule is [O-][N+]1=[CH][Sn][CH2]C1. The summed E-state index contributed by atoms with van der Waals surface area (Å²) in [5.74, 6) is 0. The van der Waals surface area contributed by atoms with E-state index in [1.54, 1.807) is 0 Å². The van der Waals surface area contributed by atoms with Gasteiger partial charge in [0.15, 0.2) is 0 Å². The van der Waals surface area contributed by atoms with Crippen molar-refractivity contribution in [3.8, 4) is 0 Å². The predicted molar refractivity (Wildman–Crippen MR) is 25.1 cm³/mol. The molecule has 1 aliphatic rings. The summed E-state index contributed by atoms with van der Waals surface area (Å²) >= 11 is -0.238. The molecule has 2 radical (unpaired) electrons. The minimum absolute atomic E-state index is 0.238. The zero-order chi connectivity index (χ0) is 4.41. The van der Waals surface area contributed by atoms with Gasteiger partial charge in [-0.05, 0) is 0 Å². The van der Waals surface area contributed by atoms with Crippen molar-refractivity contribution in [2.45, 2.75) is 4.44 Å². The fraction of sp³-hybridized carbons (Fsp3) is 0.667. The molecule has 0 atom stereocenters. The summed E-state index contributed by atoms with van der Waals surface area (Å²) in [6, 6.07) is 0. The molecule has 3 heteroatoms. The van der Waals surface area contributed by atoms with Crippen molar-refractivity contribution in [1.29, 1.82) is 0 Å². The van der Waals surface area contributed by atoms with E-state index in [1.807, 2.05) is 4.23 Å². The Morgan fingerprint density at radius 3 is 2.83 bits per heavy atom. The number of hydrogen-bond acceptors (Lipinski definition) is 1. The van der Waals surface area contributed by atoms with Crippen molar-refractivity contribution in [3.05, 3.63) is 5.21 Å². The van der Waals surface area contributed by atoms with Crippen LogP contribution in [0.2, 0.25) is 4.44 Å². The van der Waals surface area contributed by atoms with E-state index in [1.165, 1.54) is 4.44 Å². The molecule has 0 aromatic carbocycles. The molecule has 0 aromatic heterocycles. The molecule has 32 valence electrons. The van der Waals surface area contributed by atoms with Gasteiger partial charge in [-0.25, -0.2) is 0 Å². The van der Waals surface area contributed by atoms with Crippen LogP contribution >= 0.6 is 0 Å². The minimum atomic E-state index is -0.238. The number of nitrogens with zero attached hydrogens (tertiary/aromatic N) is 1. The number of rotatable bonds is 0. The van der Waals surface area contributed by atoms with E-state index in [0.29, 0.717) is 0 Å². The van der Waals surface area contributed by atoms with E-state index in [0.717, 1.165) is 11.3 Å². The fourth-order valence-electron chi connectivity index (χ4n) is 0.406. The van der Waals surface area contributed by atoms with Crippen LogP contribution in [0.3, 0.4) is 0 Å². The average molecular weight is 190 g/mol. The van der Waals surface area contributed by atoms with Crippen LogP contribution in [-0.2, 0) is 0 Å². The summed E-state index contributed by atoms with van der Waals surface area (Å²) < 4.78 is 4.13. The molecule has 0 fully saturated rings. The van der Waals surface area contributed by atoms with Crippen LogP contribution in [-0.4, -0.2) is 36.7 Å². The van der Waals surface area contributed by atoms with Crippen LogP contribution in [0.25, 0.3) is 0 Å². The summed E-state index contributed by atoms with van der Waals surface area (Å²) in [5, 5.41) is 10.1. The number of hydroxylamine groups is 1. The van der Waals surface area contributed by atoms with Gasteiger partial charge in [0.2, 0.25) is 0 Å². The van der Waals surface area contributed by atoms with Crippen molar-refractivity contribution in [1.82, 2.24) is 0 Å². The molecule has 0 N–H and O–H groups in total. The Labute approximate surface area is 46.7 Å². The van der Waals surface area contributed by atoms with Crippen molar-refractivity contribution >= 4 is 25.4 Å². The Morgan fingerprint density at radius 1 is 1.83 bits per heavy atom. The van der Waals surface area contributed by atoms with E-state index in [-0.39, 0.29) is 21.1 Å². The van der Waals surface area contributed by atoms with Gasteiger partial charge in [0.05, 0.1) is 0 Å². The van der Waals surface area contributed by atoms with Gasteiger partial charge in [0, 0.05) is 0 Å². The standard InChI is InChI=1S/C3H5NO.Sn/c1-3-4(2)5;/h2H,1,3H2;. The molecular formula is C3H5NOSn. The fourth-order valence-corrected chi connectivity index (χ4v) is 2.72. The van der Waals surface area contributed by atoms with Gasteiger partial charge in [-0.1, -0.05) is 0 Å².